The van der Waals surface area contributed by atoms with Crippen LogP contribution < -0.4 is 24.8 Å². The van der Waals surface area contributed by atoms with E-state index in [-0.39, 0.29) is 5.70 Å². The van der Waals surface area contributed by atoms with E-state index in [0.717, 1.165) is 4.90 Å². The minimum absolute atomic E-state index is 0.0259. The van der Waals surface area contributed by atoms with Gasteiger partial charge in [0.1, 0.15) is 24.6 Å². The number of urea groups is 1. The van der Waals surface area contributed by atoms with E-state index in [2.05, 4.69) is 33.1 Å². The number of imide groups is 1. The van der Waals surface area contributed by atoms with Crippen molar-refractivity contribution in [3.8, 4) is 17.2 Å². The van der Waals surface area contributed by atoms with Gasteiger partial charge in [-0.15, -0.1) is 0 Å². The second kappa shape index (κ2) is 11.4. The zero-order valence-electron chi connectivity index (χ0n) is 18.7. The van der Waals surface area contributed by atoms with Crippen molar-refractivity contribution >= 4 is 45.5 Å². The van der Waals surface area contributed by atoms with Crippen LogP contribution in [0.3, 0.4) is 0 Å². The Hall–Kier alpha value is -3.79. The number of halogens is 1. The van der Waals surface area contributed by atoms with Crippen LogP contribution in [0.5, 0.6) is 17.2 Å². The van der Waals surface area contributed by atoms with Gasteiger partial charge in [0, 0.05) is 4.47 Å². The third-order valence-electron chi connectivity index (χ3n) is 4.66. The summed E-state index contributed by atoms with van der Waals surface area (Å²) in [6, 6.07) is 9.54. The van der Waals surface area contributed by atoms with Gasteiger partial charge in [-0.3, -0.25) is 9.59 Å². The van der Waals surface area contributed by atoms with Gasteiger partial charge in [0.15, 0.2) is 11.5 Å². The van der Waals surface area contributed by atoms with Gasteiger partial charge in [-0.25, -0.2) is 9.69 Å². The summed E-state index contributed by atoms with van der Waals surface area (Å²) in [4.78, 5) is 38.6. The molecule has 0 aromatic heterocycles. The standard InChI is InChI=1S/C24H24BrN3O6/c1-4-10-34-21-13-16(25)15(12-20(21)33-5-2)11-18-23(30)28(24(31)27-18)14-22(29)26-17-8-6-7-9-19(17)32-3/h4,6-9,11-13H,1,5,10,14H2,2-3H3,(H,26,29)(H,27,31)/b18-11+. The number of nitrogens with zero attached hydrogens (tertiary/aromatic N) is 1. The Labute approximate surface area is 205 Å². The number of hydrogen-bond acceptors (Lipinski definition) is 6. The number of anilines is 1. The van der Waals surface area contributed by atoms with Crippen LogP contribution in [0.15, 0.2) is 59.2 Å². The first-order valence-electron chi connectivity index (χ1n) is 10.3. The topological polar surface area (TPSA) is 106 Å². The maximum absolute atomic E-state index is 12.8. The van der Waals surface area contributed by atoms with E-state index >= 15 is 0 Å². The first-order valence-corrected chi connectivity index (χ1v) is 11.1. The number of hydrogen-bond donors (Lipinski definition) is 2. The highest BCUT2D eigenvalue weighted by Crippen LogP contribution is 2.35. The normalized spacial score (nSPS) is 14.1. The number of rotatable bonds is 10. The summed E-state index contributed by atoms with van der Waals surface area (Å²) in [6.07, 6.45) is 3.12. The zero-order chi connectivity index (χ0) is 24.7. The van der Waals surface area contributed by atoms with Gasteiger partial charge >= 0.3 is 6.03 Å². The van der Waals surface area contributed by atoms with Gasteiger partial charge in [-0.1, -0.05) is 40.7 Å². The first kappa shape index (κ1) is 24.8. The minimum atomic E-state index is -0.696. The van der Waals surface area contributed by atoms with Gasteiger partial charge in [-0.2, -0.15) is 0 Å². The molecule has 178 valence electrons. The van der Waals surface area contributed by atoms with Gasteiger partial charge < -0.3 is 24.8 Å². The molecule has 0 spiro atoms. The summed E-state index contributed by atoms with van der Waals surface area (Å²) in [5.41, 5.74) is 1.04. The molecule has 0 unspecified atom stereocenters. The smallest absolute Gasteiger partial charge is 0.329 e. The lowest BCUT2D eigenvalue weighted by Crippen LogP contribution is -2.38. The highest BCUT2D eigenvalue weighted by Gasteiger charge is 2.35. The summed E-state index contributed by atoms with van der Waals surface area (Å²) >= 11 is 3.45. The second-order valence-corrected chi connectivity index (χ2v) is 7.84. The summed E-state index contributed by atoms with van der Waals surface area (Å²) < 4.78 is 17.1. The molecule has 0 saturated carbocycles. The van der Waals surface area contributed by atoms with Crippen molar-refractivity contribution < 1.29 is 28.6 Å². The predicted molar refractivity (Wildman–Crippen MR) is 131 cm³/mol. The molecular formula is C24H24BrN3O6. The third kappa shape index (κ3) is 5.76. The Balaban J connectivity index is 1.78. The van der Waals surface area contributed by atoms with E-state index in [0.29, 0.717) is 46.2 Å². The number of amides is 4. The SMILES string of the molecule is C=CCOc1cc(Br)c(/C=C2/NC(=O)N(CC(=O)Nc3ccccc3OC)C2=O)cc1OCC. The molecule has 0 radical (unpaired) electrons. The van der Waals surface area contributed by atoms with Crippen molar-refractivity contribution in [3.05, 3.63) is 64.8 Å². The van der Waals surface area contributed by atoms with Crippen molar-refractivity contribution in [2.75, 3.05) is 32.2 Å². The van der Waals surface area contributed by atoms with Crippen LogP contribution >= 0.6 is 15.9 Å². The van der Waals surface area contributed by atoms with E-state index in [9.17, 15) is 14.4 Å². The molecule has 1 fully saturated rings. The molecule has 1 heterocycles. The molecule has 10 heteroatoms. The number of ether oxygens (including phenoxy) is 3. The Morgan fingerprint density at radius 2 is 1.91 bits per heavy atom. The molecular weight excluding hydrogens is 506 g/mol. The molecule has 34 heavy (non-hydrogen) atoms. The largest absolute Gasteiger partial charge is 0.495 e. The van der Waals surface area contributed by atoms with Crippen molar-refractivity contribution in [1.82, 2.24) is 10.2 Å². The number of methoxy groups -OCH3 is 1. The summed E-state index contributed by atoms with van der Waals surface area (Å²) in [7, 11) is 1.48. The highest BCUT2D eigenvalue weighted by atomic mass is 79.9. The summed E-state index contributed by atoms with van der Waals surface area (Å²) in [5, 5.41) is 5.15. The lowest BCUT2D eigenvalue weighted by atomic mass is 10.1. The molecule has 2 N–H and O–H groups in total. The lowest BCUT2D eigenvalue weighted by molar-refractivity contribution is -0.127. The van der Waals surface area contributed by atoms with Crippen LogP contribution in [0, 0.1) is 0 Å². The minimum Gasteiger partial charge on any atom is -0.495 e. The van der Waals surface area contributed by atoms with E-state index in [1.54, 1.807) is 42.5 Å². The fourth-order valence-corrected chi connectivity index (χ4v) is 3.58. The third-order valence-corrected chi connectivity index (χ3v) is 5.35. The molecule has 2 aromatic rings. The molecule has 4 amide bonds. The van der Waals surface area contributed by atoms with Crippen molar-refractivity contribution in [2.24, 2.45) is 0 Å². The van der Waals surface area contributed by atoms with E-state index in [1.165, 1.54) is 13.2 Å². The van der Waals surface area contributed by atoms with Crippen molar-refractivity contribution in [1.29, 1.82) is 0 Å². The van der Waals surface area contributed by atoms with Crippen molar-refractivity contribution in [2.45, 2.75) is 6.92 Å². The Kier molecular flexibility index (Phi) is 8.31. The Bertz CT molecular complexity index is 1150. The lowest BCUT2D eigenvalue weighted by Gasteiger charge is -2.14. The van der Waals surface area contributed by atoms with Crippen molar-refractivity contribution in [3.63, 3.8) is 0 Å². The molecule has 1 aliphatic rings. The Morgan fingerprint density at radius 1 is 1.18 bits per heavy atom. The fourth-order valence-electron chi connectivity index (χ4n) is 3.14. The van der Waals surface area contributed by atoms with Crippen LogP contribution in [0.1, 0.15) is 12.5 Å². The average Bonchev–Trinajstić information content (AvgIpc) is 3.07. The van der Waals surface area contributed by atoms with E-state index in [4.69, 9.17) is 14.2 Å². The van der Waals surface area contributed by atoms with Crippen LogP contribution in [0.2, 0.25) is 0 Å². The van der Waals surface area contributed by atoms with Crippen LogP contribution in [0.4, 0.5) is 10.5 Å². The monoisotopic (exact) mass is 529 g/mol. The summed E-state index contributed by atoms with van der Waals surface area (Å²) in [5.74, 6) is 0.273. The Morgan fingerprint density at radius 3 is 2.62 bits per heavy atom. The fraction of sp³-hybridized carbons (Fsp3) is 0.208. The molecule has 0 atom stereocenters. The molecule has 3 rings (SSSR count). The number of benzene rings is 2. The molecule has 1 saturated heterocycles. The molecule has 0 aliphatic carbocycles. The number of para-hydroxylation sites is 2. The second-order valence-electron chi connectivity index (χ2n) is 6.98. The maximum atomic E-state index is 12.8. The van der Waals surface area contributed by atoms with Gasteiger partial charge in [0.2, 0.25) is 5.91 Å². The van der Waals surface area contributed by atoms with E-state index in [1.807, 2.05) is 6.92 Å². The van der Waals surface area contributed by atoms with Gasteiger partial charge in [-0.05, 0) is 42.8 Å². The molecule has 1 aliphatic heterocycles. The van der Waals surface area contributed by atoms with Gasteiger partial charge in [0.25, 0.3) is 5.91 Å². The zero-order valence-corrected chi connectivity index (χ0v) is 20.3. The van der Waals surface area contributed by atoms with Crippen LogP contribution in [-0.2, 0) is 9.59 Å². The number of nitrogens with one attached hydrogen (secondary N) is 2. The molecule has 9 nitrogen and oxygen atoms in total. The number of carbonyl (C=O) groups is 3. The quantitative estimate of drug-likeness (QED) is 0.274. The molecule has 0 bridgehead atoms. The highest BCUT2D eigenvalue weighted by molar-refractivity contribution is 9.10. The first-order chi connectivity index (χ1) is 16.4. The van der Waals surface area contributed by atoms with Gasteiger partial charge in [0.05, 0.1) is 19.4 Å². The number of carbonyl (C=O) groups excluding carboxylic acids is 3. The molecule has 2 aromatic carbocycles. The van der Waals surface area contributed by atoms with Crippen LogP contribution in [0.25, 0.3) is 6.08 Å². The maximum Gasteiger partial charge on any atom is 0.329 e. The summed E-state index contributed by atoms with van der Waals surface area (Å²) in [6.45, 7) is 5.72. The average molecular weight is 530 g/mol. The predicted octanol–water partition coefficient (Wildman–Crippen LogP) is 3.95. The van der Waals surface area contributed by atoms with Crippen LogP contribution in [-0.4, -0.2) is 49.6 Å². The van der Waals surface area contributed by atoms with E-state index < -0.39 is 24.4 Å².